The summed E-state index contributed by atoms with van der Waals surface area (Å²) in [4.78, 5) is 11.0. The number of hydrogen-bond donors (Lipinski definition) is 1. The van der Waals surface area contributed by atoms with Crippen molar-refractivity contribution < 1.29 is 23.1 Å². The number of ketones is 1. The van der Waals surface area contributed by atoms with E-state index >= 15 is 0 Å². The fourth-order valence-corrected chi connectivity index (χ4v) is 1.16. The Morgan fingerprint density at radius 1 is 1.40 bits per heavy atom. The fraction of sp³-hybridized carbons (Fsp3) is 0.222. The van der Waals surface area contributed by atoms with Gasteiger partial charge in [0.1, 0.15) is 5.75 Å². The van der Waals surface area contributed by atoms with E-state index in [9.17, 15) is 23.1 Å². The number of phenols is 1. The van der Waals surface area contributed by atoms with Crippen LogP contribution in [0.25, 0.3) is 0 Å². The molecule has 6 heteroatoms. The van der Waals surface area contributed by atoms with Crippen molar-refractivity contribution in [2.75, 3.05) is 5.88 Å². The quantitative estimate of drug-likeness (QED) is 0.635. The van der Waals surface area contributed by atoms with Crippen molar-refractivity contribution in [2.24, 2.45) is 0 Å². The van der Waals surface area contributed by atoms with E-state index in [1.807, 2.05) is 0 Å². The lowest BCUT2D eigenvalue weighted by Crippen LogP contribution is -2.07. The lowest BCUT2D eigenvalue weighted by molar-refractivity contribution is -0.137. The monoisotopic (exact) mass is 238 g/mol. The minimum atomic E-state index is -4.54. The Balaban J connectivity index is 3.15. The maximum Gasteiger partial charge on any atom is 0.416 e. The van der Waals surface area contributed by atoms with Crippen LogP contribution in [-0.4, -0.2) is 16.8 Å². The van der Waals surface area contributed by atoms with Crippen molar-refractivity contribution in [1.29, 1.82) is 0 Å². The van der Waals surface area contributed by atoms with Crippen molar-refractivity contribution in [1.82, 2.24) is 0 Å². The summed E-state index contributed by atoms with van der Waals surface area (Å²) in [5.74, 6) is -1.72. The maximum atomic E-state index is 12.2. The first-order valence-corrected chi connectivity index (χ1v) is 4.39. The lowest BCUT2D eigenvalue weighted by Gasteiger charge is -2.08. The molecule has 0 bridgehead atoms. The number of aromatic hydroxyl groups is 1. The molecule has 0 spiro atoms. The van der Waals surface area contributed by atoms with E-state index in [1.54, 1.807) is 0 Å². The maximum absolute atomic E-state index is 12.2. The molecule has 82 valence electrons. The minimum absolute atomic E-state index is 0.210. The van der Waals surface area contributed by atoms with Gasteiger partial charge in [0.2, 0.25) is 0 Å². The van der Waals surface area contributed by atoms with E-state index in [1.165, 1.54) is 0 Å². The van der Waals surface area contributed by atoms with Crippen LogP contribution >= 0.6 is 11.6 Å². The summed E-state index contributed by atoms with van der Waals surface area (Å²) < 4.78 is 36.5. The number of rotatable bonds is 2. The molecule has 1 rings (SSSR count). The van der Waals surface area contributed by atoms with Crippen molar-refractivity contribution >= 4 is 17.4 Å². The molecule has 0 amide bonds. The van der Waals surface area contributed by atoms with Gasteiger partial charge in [-0.05, 0) is 18.2 Å². The van der Waals surface area contributed by atoms with Gasteiger partial charge in [0.15, 0.2) is 5.78 Å². The molecule has 0 aliphatic heterocycles. The molecule has 0 aliphatic carbocycles. The van der Waals surface area contributed by atoms with Crippen LogP contribution in [0, 0.1) is 0 Å². The van der Waals surface area contributed by atoms with E-state index in [4.69, 9.17) is 11.6 Å². The molecule has 0 aliphatic rings. The highest BCUT2D eigenvalue weighted by atomic mass is 35.5. The van der Waals surface area contributed by atoms with Crippen molar-refractivity contribution in [3.8, 4) is 5.75 Å². The Morgan fingerprint density at radius 2 is 2.00 bits per heavy atom. The Morgan fingerprint density at radius 3 is 2.40 bits per heavy atom. The summed E-state index contributed by atoms with van der Waals surface area (Å²) in [7, 11) is 0. The summed E-state index contributed by atoms with van der Waals surface area (Å²) in [5, 5.41) is 9.18. The molecular weight excluding hydrogens is 233 g/mol. The first-order valence-electron chi connectivity index (χ1n) is 3.85. The van der Waals surface area contributed by atoms with Gasteiger partial charge in [0.05, 0.1) is 17.0 Å². The fourth-order valence-electron chi connectivity index (χ4n) is 1.02. The minimum Gasteiger partial charge on any atom is -0.507 e. The highest BCUT2D eigenvalue weighted by Crippen LogP contribution is 2.32. The number of carbonyl (C=O) groups is 1. The normalized spacial score (nSPS) is 11.5. The van der Waals surface area contributed by atoms with E-state index in [2.05, 4.69) is 0 Å². The van der Waals surface area contributed by atoms with Gasteiger partial charge < -0.3 is 5.11 Å². The predicted molar refractivity (Wildman–Crippen MR) is 48.2 cm³/mol. The molecule has 0 heterocycles. The third-order valence-corrected chi connectivity index (χ3v) is 1.99. The molecule has 0 saturated heterocycles. The number of alkyl halides is 4. The van der Waals surface area contributed by atoms with Gasteiger partial charge in [-0.2, -0.15) is 13.2 Å². The number of hydrogen-bond acceptors (Lipinski definition) is 2. The average molecular weight is 239 g/mol. The van der Waals surface area contributed by atoms with Crippen molar-refractivity contribution in [2.45, 2.75) is 6.18 Å². The van der Waals surface area contributed by atoms with Crippen LogP contribution in [0.2, 0.25) is 0 Å². The van der Waals surface area contributed by atoms with Crippen molar-refractivity contribution in [3.63, 3.8) is 0 Å². The predicted octanol–water partition coefficient (Wildman–Crippen LogP) is 2.83. The van der Waals surface area contributed by atoms with E-state index in [-0.39, 0.29) is 11.4 Å². The highest BCUT2D eigenvalue weighted by molar-refractivity contribution is 6.30. The van der Waals surface area contributed by atoms with Gasteiger partial charge >= 0.3 is 6.18 Å². The molecule has 15 heavy (non-hydrogen) atoms. The second-order valence-corrected chi connectivity index (χ2v) is 3.05. The largest absolute Gasteiger partial charge is 0.507 e. The summed E-state index contributed by atoms with van der Waals surface area (Å²) in [5.41, 5.74) is -1.22. The van der Waals surface area contributed by atoms with Gasteiger partial charge in [0.25, 0.3) is 0 Å². The smallest absolute Gasteiger partial charge is 0.416 e. The molecular formula is C9H6ClF3O2. The van der Waals surface area contributed by atoms with Gasteiger partial charge in [-0.15, -0.1) is 11.6 Å². The van der Waals surface area contributed by atoms with Gasteiger partial charge in [-0.1, -0.05) is 0 Å². The second kappa shape index (κ2) is 4.10. The molecule has 1 N–H and O–H groups in total. The first-order chi connectivity index (χ1) is 6.86. The van der Waals surface area contributed by atoms with Gasteiger partial charge in [-0.3, -0.25) is 4.79 Å². The Kier molecular flexibility index (Phi) is 3.24. The number of halogens is 4. The highest BCUT2D eigenvalue weighted by Gasteiger charge is 2.31. The number of benzene rings is 1. The van der Waals surface area contributed by atoms with Gasteiger partial charge in [0, 0.05) is 0 Å². The zero-order valence-electron chi connectivity index (χ0n) is 7.31. The third-order valence-electron chi connectivity index (χ3n) is 1.75. The van der Waals surface area contributed by atoms with E-state index in [0.29, 0.717) is 6.07 Å². The Hall–Kier alpha value is -1.23. The molecule has 0 atom stereocenters. The van der Waals surface area contributed by atoms with Crippen LogP contribution in [0.15, 0.2) is 18.2 Å². The third kappa shape index (κ3) is 2.62. The molecule has 0 aromatic heterocycles. The molecule has 0 fully saturated rings. The summed E-state index contributed by atoms with van der Waals surface area (Å²) in [6, 6.07) is 2.13. The summed E-state index contributed by atoms with van der Waals surface area (Å²) in [6.45, 7) is 0. The molecule has 0 radical (unpaired) electrons. The molecule has 0 saturated carbocycles. The molecule has 1 aromatic carbocycles. The van der Waals surface area contributed by atoms with Crippen LogP contribution < -0.4 is 0 Å². The number of Topliss-reactive ketones (excluding diaryl/α,β-unsaturated/α-hetero) is 1. The Labute approximate surface area is 88.3 Å². The topological polar surface area (TPSA) is 37.3 Å². The molecule has 0 unspecified atom stereocenters. The van der Waals surface area contributed by atoms with E-state index < -0.39 is 23.3 Å². The Bertz CT molecular complexity index is 387. The van der Waals surface area contributed by atoms with Gasteiger partial charge in [-0.25, -0.2) is 0 Å². The first kappa shape index (κ1) is 11.8. The number of carbonyl (C=O) groups excluding carboxylic acids is 1. The zero-order valence-corrected chi connectivity index (χ0v) is 8.06. The zero-order chi connectivity index (χ0) is 11.6. The molecule has 2 nitrogen and oxygen atoms in total. The average Bonchev–Trinajstić information content (AvgIpc) is 2.15. The van der Waals surface area contributed by atoms with Crippen molar-refractivity contribution in [3.05, 3.63) is 29.3 Å². The van der Waals surface area contributed by atoms with Crippen LogP contribution in [0.5, 0.6) is 5.75 Å². The second-order valence-electron chi connectivity index (χ2n) is 2.79. The summed E-state index contributed by atoms with van der Waals surface area (Å²) >= 11 is 5.21. The lowest BCUT2D eigenvalue weighted by atomic mass is 10.1. The summed E-state index contributed by atoms with van der Waals surface area (Å²) in [6.07, 6.45) is -4.54. The van der Waals surface area contributed by atoms with Crippen LogP contribution in [0.3, 0.4) is 0 Å². The van der Waals surface area contributed by atoms with Crippen LogP contribution in [0.1, 0.15) is 15.9 Å². The standard InChI is InChI=1S/C9H6ClF3O2/c10-4-8(15)6-2-1-5(3-7(6)14)9(11,12)13/h1-3,14H,4H2. The number of phenolic OH excluding ortho intramolecular Hbond substituents is 1. The van der Waals surface area contributed by atoms with Crippen LogP contribution in [0.4, 0.5) is 13.2 Å². The van der Waals surface area contributed by atoms with Crippen LogP contribution in [-0.2, 0) is 6.18 Å². The molecule has 1 aromatic rings. The SMILES string of the molecule is O=C(CCl)c1ccc(C(F)(F)F)cc1O. The van der Waals surface area contributed by atoms with E-state index in [0.717, 1.165) is 12.1 Å².